The molecule has 2 rings (SSSR count). The highest BCUT2D eigenvalue weighted by Gasteiger charge is 2.22. The summed E-state index contributed by atoms with van der Waals surface area (Å²) in [6.07, 6.45) is 4.07. The molecule has 1 N–H and O–H groups in total. The van der Waals surface area contributed by atoms with Gasteiger partial charge in [-0.25, -0.2) is 0 Å². The molecule has 1 aliphatic carbocycles. The summed E-state index contributed by atoms with van der Waals surface area (Å²) in [6.45, 7) is 3.41. The van der Waals surface area contributed by atoms with Crippen LogP contribution in [-0.2, 0) is 0 Å². The Hall–Kier alpha value is -0.860. The Morgan fingerprint density at radius 1 is 1.22 bits per heavy atom. The summed E-state index contributed by atoms with van der Waals surface area (Å²) in [7, 11) is 4.33. The van der Waals surface area contributed by atoms with Gasteiger partial charge in [0.2, 0.25) is 0 Å². The van der Waals surface area contributed by atoms with Gasteiger partial charge in [0.05, 0.1) is 0 Å². The van der Waals surface area contributed by atoms with E-state index in [4.69, 9.17) is 0 Å². The zero-order valence-electron chi connectivity index (χ0n) is 11.9. The SMILES string of the molecule is CC1CCC(NCC(c2ccccc2)N(C)C)C1. The first-order valence-electron chi connectivity index (χ1n) is 7.11. The normalized spacial score (nSPS) is 25.6. The van der Waals surface area contributed by atoms with E-state index in [1.807, 2.05) is 0 Å². The van der Waals surface area contributed by atoms with E-state index in [-0.39, 0.29) is 0 Å². The first kappa shape index (κ1) is 13.6. The average molecular weight is 246 g/mol. The fraction of sp³-hybridized carbons (Fsp3) is 0.625. The standard InChI is InChI=1S/C16H26N2/c1-13-9-10-15(11-13)17-12-16(18(2)3)14-7-5-4-6-8-14/h4-8,13,15-17H,9-12H2,1-3H3. The number of nitrogens with zero attached hydrogens (tertiary/aromatic N) is 1. The topological polar surface area (TPSA) is 15.3 Å². The third-order valence-electron chi connectivity index (χ3n) is 4.10. The minimum atomic E-state index is 0.474. The molecule has 0 aromatic heterocycles. The van der Waals surface area contributed by atoms with E-state index < -0.39 is 0 Å². The molecule has 100 valence electrons. The van der Waals surface area contributed by atoms with Crippen molar-refractivity contribution in [3.63, 3.8) is 0 Å². The minimum absolute atomic E-state index is 0.474. The van der Waals surface area contributed by atoms with E-state index in [1.54, 1.807) is 0 Å². The van der Waals surface area contributed by atoms with Crippen molar-refractivity contribution in [1.29, 1.82) is 0 Å². The molecule has 3 unspecified atom stereocenters. The molecule has 0 radical (unpaired) electrons. The van der Waals surface area contributed by atoms with Gasteiger partial charge in [-0.15, -0.1) is 0 Å². The van der Waals surface area contributed by atoms with Gasteiger partial charge in [-0.2, -0.15) is 0 Å². The summed E-state index contributed by atoms with van der Waals surface area (Å²) < 4.78 is 0. The first-order valence-corrected chi connectivity index (χ1v) is 7.11. The molecular weight excluding hydrogens is 220 g/mol. The van der Waals surface area contributed by atoms with E-state index >= 15 is 0 Å². The number of likely N-dealkylation sites (N-methyl/N-ethyl adjacent to an activating group) is 1. The Bertz CT molecular complexity index is 347. The van der Waals surface area contributed by atoms with Crippen molar-refractivity contribution in [2.75, 3.05) is 20.6 Å². The monoisotopic (exact) mass is 246 g/mol. The van der Waals surface area contributed by atoms with Gasteiger partial charge in [-0.1, -0.05) is 37.3 Å². The molecule has 2 nitrogen and oxygen atoms in total. The van der Waals surface area contributed by atoms with E-state index in [2.05, 4.69) is 61.6 Å². The van der Waals surface area contributed by atoms with Gasteiger partial charge >= 0.3 is 0 Å². The molecule has 0 bridgehead atoms. The lowest BCUT2D eigenvalue weighted by Crippen LogP contribution is -2.36. The second-order valence-electron chi connectivity index (χ2n) is 5.91. The quantitative estimate of drug-likeness (QED) is 0.859. The predicted molar refractivity (Wildman–Crippen MR) is 77.7 cm³/mol. The summed E-state index contributed by atoms with van der Waals surface area (Å²) >= 11 is 0. The van der Waals surface area contributed by atoms with Crippen molar-refractivity contribution in [1.82, 2.24) is 10.2 Å². The Morgan fingerprint density at radius 2 is 1.94 bits per heavy atom. The molecule has 0 amide bonds. The maximum Gasteiger partial charge on any atom is 0.0466 e. The molecule has 0 saturated heterocycles. The van der Waals surface area contributed by atoms with E-state index in [1.165, 1.54) is 24.8 Å². The van der Waals surface area contributed by atoms with E-state index in [9.17, 15) is 0 Å². The highest BCUT2D eigenvalue weighted by molar-refractivity contribution is 5.19. The second-order valence-corrected chi connectivity index (χ2v) is 5.91. The van der Waals surface area contributed by atoms with Crippen molar-refractivity contribution in [2.45, 2.75) is 38.3 Å². The van der Waals surface area contributed by atoms with Crippen LogP contribution in [-0.4, -0.2) is 31.6 Å². The third kappa shape index (κ3) is 3.56. The Balaban J connectivity index is 1.91. The van der Waals surface area contributed by atoms with Crippen molar-refractivity contribution in [3.05, 3.63) is 35.9 Å². The van der Waals surface area contributed by atoms with Crippen LogP contribution in [0.2, 0.25) is 0 Å². The highest BCUT2D eigenvalue weighted by Crippen LogP contribution is 2.25. The number of nitrogens with one attached hydrogen (secondary N) is 1. The Morgan fingerprint density at radius 3 is 2.50 bits per heavy atom. The van der Waals surface area contributed by atoms with Crippen molar-refractivity contribution < 1.29 is 0 Å². The zero-order valence-corrected chi connectivity index (χ0v) is 11.9. The second kappa shape index (κ2) is 6.35. The molecule has 1 aromatic rings. The van der Waals surface area contributed by atoms with Crippen LogP contribution in [0.1, 0.15) is 37.8 Å². The fourth-order valence-corrected chi connectivity index (χ4v) is 2.94. The van der Waals surface area contributed by atoms with Crippen LogP contribution in [0.3, 0.4) is 0 Å². The predicted octanol–water partition coefficient (Wildman–Crippen LogP) is 3.07. The van der Waals surface area contributed by atoms with Crippen LogP contribution in [0.5, 0.6) is 0 Å². The molecule has 1 fully saturated rings. The maximum atomic E-state index is 3.75. The summed E-state index contributed by atoms with van der Waals surface area (Å²) in [5, 5.41) is 3.75. The molecule has 0 heterocycles. The number of benzene rings is 1. The molecule has 0 aliphatic heterocycles. The smallest absolute Gasteiger partial charge is 0.0466 e. The van der Waals surface area contributed by atoms with Crippen LogP contribution < -0.4 is 5.32 Å². The first-order chi connectivity index (χ1) is 8.66. The van der Waals surface area contributed by atoms with E-state index in [0.29, 0.717) is 6.04 Å². The van der Waals surface area contributed by atoms with Gasteiger partial charge in [0, 0.05) is 18.6 Å². The number of hydrogen-bond donors (Lipinski definition) is 1. The number of hydrogen-bond acceptors (Lipinski definition) is 2. The summed E-state index contributed by atoms with van der Waals surface area (Å²) in [4.78, 5) is 2.31. The molecular formula is C16H26N2. The summed E-state index contributed by atoms with van der Waals surface area (Å²) in [6, 6.07) is 12.0. The van der Waals surface area contributed by atoms with Crippen molar-refractivity contribution in [3.8, 4) is 0 Å². The molecule has 1 aromatic carbocycles. The van der Waals surface area contributed by atoms with Gasteiger partial charge in [0.15, 0.2) is 0 Å². The molecule has 1 aliphatic rings. The molecule has 3 atom stereocenters. The van der Waals surface area contributed by atoms with E-state index in [0.717, 1.165) is 18.5 Å². The largest absolute Gasteiger partial charge is 0.312 e. The van der Waals surface area contributed by atoms with Gasteiger partial charge in [0.25, 0.3) is 0 Å². The lowest BCUT2D eigenvalue weighted by molar-refractivity contribution is 0.278. The van der Waals surface area contributed by atoms with Gasteiger partial charge in [0.1, 0.15) is 0 Å². The molecule has 18 heavy (non-hydrogen) atoms. The number of rotatable bonds is 5. The van der Waals surface area contributed by atoms with Crippen LogP contribution in [0, 0.1) is 5.92 Å². The highest BCUT2D eigenvalue weighted by atomic mass is 15.1. The summed E-state index contributed by atoms with van der Waals surface area (Å²) in [5.74, 6) is 0.900. The fourth-order valence-electron chi connectivity index (χ4n) is 2.94. The van der Waals surface area contributed by atoms with Crippen LogP contribution in [0.15, 0.2) is 30.3 Å². The lowest BCUT2D eigenvalue weighted by atomic mass is 10.1. The average Bonchev–Trinajstić information content (AvgIpc) is 2.76. The van der Waals surface area contributed by atoms with Gasteiger partial charge in [-0.05, 0) is 44.8 Å². The van der Waals surface area contributed by atoms with Crippen molar-refractivity contribution >= 4 is 0 Å². The van der Waals surface area contributed by atoms with Crippen molar-refractivity contribution in [2.24, 2.45) is 5.92 Å². The van der Waals surface area contributed by atoms with Crippen LogP contribution >= 0.6 is 0 Å². The zero-order chi connectivity index (χ0) is 13.0. The maximum absolute atomic E-state index is 3.75. The summed E-state index contributed by atoms with van der Waals surface area (Å²) in [5.41, 5.74) is 1.40. The molecule has 0 spiro atoms. The lowest BCUT2D eigenvalue weighted by Gasteiger charge is -2.27. The van der Waals surface area contributed by atoms with Gasteiger partial charge < -0.3 is 10.2 Å². The third-order valence-corrected chi connectivity index (χ3v) is 4.10. The molecule has 2 heteroatoms. The Labute approximate surface area is 111 Å². The minimum Gasteiger partial charge on any atom is -0.312 e. The molecule has 1 saturated carbocycles. The Kier molecular flexibility index (Phi) is 4.79. The van der Waals surface area contributed by atoms with Crippen LogP contribution in [0.25, 0.3) is 0 Å². The van der Waals surface area contributed by atoms with Crippen LogP contribution in [0.4, 0.5) is 0 Å². The van der Waals surface area contributed by atoms with Gasteiger partial charge in [-0.3, -0.25) is 0 Å².